The van der Waals surface area contributed by atoms with Gasteiger partial charge in [-0.05, 0) is 37.3 Å². The van der Waals surface area contributed by atoms with Crippen molar-refractivity contribution in [2.24, 2.45) is 4.99 Å². The number of fused-ring (bicyclic) bond motifs is 1. The van der Waals surface area contributed by atoms with Crippen LogP contribution in [0.15, 0.2) is 29.3 Å². The molecule has 1 aromatic carbocycles. The molecule has 174 valence electrons. The quantitative estimate of drug-likeness (QED) is 0.412. The number of hydrogen-bond acceptors (Lipinski definition) is 4. The predicted octanol–water partition coefficient (Wildman–Crippen LogP) is 1.60. The Bertz CT molecular complexity index is 804. The van der Waals surface area contributed by atoms with Gasteiger partial charge in [0.05, 0.1) is 0 Å². The van der Waals surface area contributed by atoms with Gasteiger partial charge in [-0.2, -0.15) is 0 Å². The number of carbonyl (C=O) groups is 2. The number of carbonyl (C=O) groups excluding carboxylic acids is 2. The van der Waals surface area contributed by atoms with Gasteiger partial charge in [0.15, 0.2) is 5.96 Å². The van der Waals surface area contributed by atoms with Crippen LogP contribution >= 0.6 is 0 Å². The minimum absolute atomic E-state index is 0.131. The highest BCUT2D eigenvalue weighted by Gasteiger charge is 2.31. The van der Waals surface area contributed by atoms with Crippen LogP contribution in [0.3, 0.4) is 0 Å². The van der Waals surface area contributed by atoms with Crippen molar-refractivity contribution in [3.05, 3.63) is 35.4 Å². The molecule has 1 unspecified atom stereocenters. The van der Waals surface area contributed by atoms with E-state index in [4.69, 9.17) is 9.73 Å². The average Bonchev–Trinajstić information content (AvgIpc) is 3.51. The number of hydrogen-bond donors (Lipinski definition) is 1. The Labute approximate surface area is 190 Å². The number of aliphatic imine (C=N–C) groups is 1. The second kappa shape index (κ2) is 10.8. The fourth-order valence-electron chi connectivity index (χ4n) is 4.62. The van der Waals surface area contributed by atoms with Crippen LogP contribution in [-0.2, 0) is 27.4 Å². The van der Waals surface area contributed by atoms with Crippen molar-refractivity contribution in [2.45, 2.75) is 51.8 Å². The Morgan fingerprint density at radius 1 is 1.06 bits per heavy atom. The first-order valence-electron chi connectivity index (χ1n) is 11.9. The summed E-state index contributed by atoms with van der Waals surface area (Å²) in [5.41, 5.74) is 2.51. The van der Waals surface area contributed by atoms with E-state index in [0.717, 1.165) is 57.9 Å². The summed E-state index contributed by atoms with van der Waals surface area (Å²) in [6, 6.07) is 8.26. The third kappa shape index (κ3) is 5.41. The summed E-state index contributed by atoms with van der Waals surface area (Å²) in [4.78, 5) is 36.0. The van der Waals surface area contributed by atoms with Crippen molar-refractivity contribution in [2.75, 3.05) is 45.9 Å². The Balaban J connectivity index is 1.21. The summed E-state index contributed by atoms with van der Waals surface area (Å²) in [5.74, 6) is 1.20. The Morgan fingerprint density at radius 2 is 1.75 bits per heavy atom. The van der Waals surface area contributed by atoms with Crippen LogP contribution in [0.5, 0.6) is 0 Å². The lowest BCUT2D eigenvalue weighted by atomic mass is 10.1. The van der Waals surface area contributed by atoms with Crippen LogP contribution in [0.1, 0.15) is 43.7 Å². The van der Waals surface area contributed by atoms with Gasteiger partial charge in [0, 0.05) is 65.4 Å². The SMILES string of the molecule is CCNC(=NCCCC(=O)N1Cc2ccccc2C1)N1CCN(C(=O)C2CCCO2)CC1. The van der Waals surface area contributed by atoms with Gasteiger partial charge in [-0.25, -0.2) is 0 Å². The van der Waals surface area contributed by atoms with Gasteiger partial charge < -0.3 is 24.8 Å². The zero-order valence-electron chi connectivity index (χ0n) is 19.1. The molecule has 32 heavy (non-hydrogen) atoms. The van der Waals surface area contributed by atoms with Crippen LogP contribution in [0, 0.1) is 0 Å². The van der Waals surface area contributed by atoms with Crippen molar-refractivity contribution in [1.29, 1.82) is 0 Å². The van der Waals surface area contributed by atoms with Gasteiger partial charge in [0.25, 0.3) is 5.91 Å². The molecule has 1 aromatic rings. The second-order valence-electron chi connectivity index (χ2n) is 8.67. The van der Waals surface area contributed by atoms with Crippen molar-refractivity contribution in [3.8, 4) is 0 Å². The first kappa shape index (κ1) is 22.6. The monoisotopic (exact) mass is 441 g/mol. The van der Waals surface area contributed by atoms with Gasteiger partial charge >= 0.3 is 0 Å². The van der Waals surface area contributed by atoms with E-state index in [0.29, 0.717) is 32.7 Å². The van der Waals surface area contributed by atoms with Gasteiger partial charge in [-0.1, -0.05) is 24.3 Å². The summed E-state index contributed by atoms with van der Waals surface area (Å²) in [6.45, 7) is 8.50. The van der Waals surface area contributed by atoms with Gasteiger partial charge in [-0.3, -0.25) is 14.6 Å². The minimum atomic E-state index is -0.246. The van der Waals surface area contributed by atoms with Gasteiger partial charge in [0.2, 0.25) is 5.91 Å². The third-order valence-electron chi connectivity index (χ3n) is 6.43. The largest absolute Gasteiger partial charge is 0.368 e. The summed E-state index contributed by atoms with van der Waals surface area (Å²) in [5, 5.41) is 3.36. The molecule has 0 aliphatic carbocycles. The average molecular weight is 442 g/mol. The summed E-state index contributed by atoms with van der Waals surface area (Å²) in [7, 11) is 0. The lowest BCUT2D eigenvalue weighted by Gasteiger charge is -2.37. The standard InChI is InChI=1S/C24H35N5O3/c1-2-25-24(28-14-12-27(13-15-28)23(31)21-9-6-16-32-21)26-11-5-10-22(30)29-17-19-7-3-4-8-20(19)18-29/h3-4,7-8,21H,2,5-6,9-18H2,1H3,(H,25,26). The number of nitrogens with one attached hydrogen (secondary N) is 1. The lowest BCUT2D eigenvalue weighted by molar-refractivity contribution is -0.142. The number of ether oxygens (including phenoxy) is 1. The molecule has 0 aromatic heterocycles. The topological polar surface area (TPSA) is 77.5 Å². The summed E-state index contributed by atoms with van der Waals surface area (Å²) >= 11 is 0. The maximum Gasteiger partial charge on any atom is 0.251 e. The second-order valence-corrected chi connectivity index (χ2v) is 8.67. The van der Waals surface area contributed by atoms with E-state index in [2.05, 4.69) is 29.3 Å². The number of guanidine groups is 1. The van der Waals surface area contributed by atoms with E-state index >= 15 is 0 Å². The molecule has 0 radical (unpaired) electrons. The Hall–Kier alpha value is -2.61. The highest BCUT2D eigenvalue weighted by Crippen LogP contribution is 2.23. The first-order chi connectivity index (χ1) is 15.7. The van der Waals surface area contributed by atoms with E-state index in [1.807, 2.05) is 21.9 Å². The zero-order chi connectivity index (χ0) is 22.3. The molecular formula is C24H35N5O3. The number of piperazine rings is 1. The molecule has 2 amide bonds. The molecule has 1 N–H and O–H groups in total. The molecule has 2 fully saturated rings. The van der Waals surface area contributed by atoms with E-state index in [9.17, 15) is 9.59 Å². The highest BCUT2D eigenvalue weighted by atomic mass is 16.5. The molecule has 0 bridgehead atoms. The molecule has 4 rings (SSSR count). The van der Waals surface area contributed by atoms with Gasteiger partial charge in [-0.15, -0.1) is 0 Å². The number of nitrogens with zero attached hydrogens (tertiary/aromatic N) is 4. The minimum Gasteiger partial charge on any atom is -0.368 e. The smallest absolute Gasteiger partial charge is 0.251 e. The van der Waals surface area contributed by atoms with E-state index in [1.165, 1.54) is 11.1 Å². The van der Waals surface area contributed by atoms with Crippen molar-refractivity contribution in [3.63, 3.8) is 0 Å². The molecule has 8 nitrogen and oxygen atoms in total. The summed E-state index contributed by atoms with van der Waals surface area (Å²) < 4.78 is 5.55. The van der Waals surface area contributed by atoms with Gasteiger partial charge in [0.1, 0.15) is 6.10 Å². The molecular weight excluding hydrogens is 406 g/mol. The van der Waals surface area contributed by atoms with E-state index < -0.39 is 0 Å². The maximum atomic E-state index is 12.6. The Kier molecular flexibility index (Phi) is 7.63. The molecule has 1 atom stereocenters. The molecule has 0 saturated carbocycles. The van der Waals surface area contributed by atoms with Crippen LogP contribution in [0.25, 0.3) is 0 Å². The fourth-order valence-corrected chi connectivity index (χ4v) is 4.62. The number of rotatable bonds is 6. The molecule has 3 aliphatic rings. The fraction of sp³-hybridized carbons (Fsp3) is 0.625. The molecule has 0 spiro atoms. The highest BCUT2D eigenvalue weighted by molar-refractivity contribution is 5.83. The van der Waals surface area contributed by atoms with Crippen molar-refractivity contribution < 1.29 is 14.3 Å². The van der Waals surface area contributed by atoms with Crippen molar-refractivity contribution in [1.82, 2.24) is 20.0 Å². The Morgan fingerprint density at radius 3 is 2.38 bits per heavy atom. The predicted molar refractivity (Wildman–Crippen MR) is 123 cm³/mol. The normalized spacial score (nSPS) is 21.1. The van der Waals surface area contributed by atoms with Crippen LogP contribution in [-0.4, -0.2) is 84.5 Å². The molecule has 3 heterocycles. The van der Waals surface area contributed by atoms with E-state index in [-0.39, 0.29) is 17.9 Å². The van der Waals surface area contributed by atoms with Crippen LogP contribution in [0.4, 0.5) is 0 Å². The maximum absolute atomic E-state index is 12.6. The van der Waals surface area contributed by atoms with E-state index in [1.54, 1.807) is 0 Å². The van der Waals surface area contributed by atoms with Crippen LogP contribution in [0.2, 0.25) is 0 Å². The molecule has 2 saturated heterocycles. The zero-order valence-corrected chi connectivity index (χ0v) is 19.1. The molecule has 3 aliphatic heterocycles. The third-order valence-corrected chi connectivity index (χ3v) is 6.43. The summed E-state index contributed by atoms with van der Waals surface area (Å²) in [6.07, 6.45) is 2.81. The molecule has 8 heteroatoms. The lowest BCUT2D eigenvalue weighted by Crippen LogP contribution is -2.55. The first-order valence-corrected chi connectivity index (χ1v) is 11.9. The van der Waals surface area contributed by atoms with Crippen molar-refractivity contribution >= 4 is 17.8 Å². The number of benzene rings is 1. The van der Waals surface area contributed by atoms with Crippen LogP contribution < -0.4 is 5.32 Å². The number of amides is 2.